The third-order valence-electron chi connectivity index (χ3n) is 1.91. The molecule has 0 aliphatic carbocycles. The molecule has 0 spiro atoms. The summed E-state index contributed by atoms with van der Waals surface area (Å²) in [5.41, 5.74) is -0.193. The minimum Gasteiger partial charge on any atom is -0.464 e. The van der Waals surface area contributed by atoms with Crippen molar-refractivity contribution < 1.29 is 9.47 Å². The van der Waals surface area contributed by atoms with Gasteiger partial charge in [0.15, 0.2) is 6.29 Å². The largest absolute Gasteiger partial charge is 0.464 e. The predicted octanol–water partition coefficient (Wildman–Crippen LogP) is 4.38. The van der Waals surface area contributed by atoms with E-state index in [9.17, 15) is 0 Å². The smallest absolute Gasteiger partial charge is 0.200 e. The molecule has 0 aliphatic heterocycles. The summed E-state index contributed by atoms with van der Waals surface area (Å²) in [7, 11) is 0. The summed E-state index contributed by atoms with van der Waals surface area (Å²) in [6.45, 7) is 8.13. The van der Waals surface area contributed by atoms with Gasteiger partial charge in [0.25, 0.3) is 0 Å². The molecule has 16 heavy (non-hydrogen) atoms. The van der Waals surface area contributed by atoms with Crippen LogP contribution in [0.15, 0.2) is 28.7 Å². The lowest BCUT2D eigenvalue weighted by atomic mass is 10.2. The lowest BCUT2D eigenvalue weighted by Crippen LogP contribution is -2.31. The van der Waals surface area contributed by atoms with Gasteiger partial charge in [0.2, 0.25) is 0 Å². The Morgan fingerprint density at radius 3 is 2.38 bits per heavy atom. The second kappa shape index (κ2) is 5.69. The number of hydrogen-bond acceptors (Lipinski definition) is 2. The van der Waals surface area contributed by atoms with Crippen LogP contribution in [-0.4, -0.2) is 11.9 Å². The van der Waals surface area contributed by atoms with Crippen LogP contribution in [0.5, 0.6) is 5.75 Å². The Labute approximate surface area is 106 Å². The van der Waals surface area contributed by atoms with E-state index in [-0.39, 0.29) is 11.9 Å². The molecule has 0 heterocycles. The normalized spacial score (nSPS) is 13.6. The molecule has 90 valence electrons. The zero-order valence-corrected chi connectivity index (χ0v) is 11.9. The van der Waals surface area contributed by atoms with Crippen molar-refractivity contribution in [2.75, 3.05) is 0 Å². The van der Waals surface area contributed by atoms with E-state index >= 15 is 0 Å². The molecule has 1 unspecified atom stereocenters. The predicted molar refractivity (Wildman–Crippen MR) is 69.7 cm³/mol. The molecule has 1 aromatic carbocycles. The lowest BCUT2D eigenvalue weighted by molar-refractivity contribution is -0.151. The maximum atomic E-state index is 5.80. The van der Waals surface area contributed by atoms with Crippen LogP contribution in [0.4, 0.5) is 0 Å². The zero-order chi connectivity index (χ0) is 12.2. The van der Waals surface area contributed by atoms with Crippen LogP contribution in [0.3, 0.4) is 0 Å². The maximum Gasteiger partial charge on any atom is 0.200 e. The summed E-state index contributed by atoms with van der Waals surface area (Å²) in [4.78, 5) is 0. The Morgan fingerprint density at radius 2 is 1.88 bits per heavy atom. The van der Waals surface area contributed by atoms with E-state index in [1.807, 2.05) is 52.0 Å². The van der Waals surface area contributed by atoms with Gasteiger partial charge < -0.3 is 9.47 Å². The van der Waals surface area contributed by atoms with Crippen LogP contribution < -0.4 is 4.74 Å². The van der Waals surface area contributed by atoms with Gasteiger partial charge in [-0.2, -0.15) is 0 Å². The SMILES string of the molecule is CCC(Oc1ccccc1Br)OC(C)(C)C. The van der Waals surface area contributed by atoms with Crippen LogP contribution in [0.1, 0.15) is 34.1 Å². The van der Waals surface area contributed by atoms with Crippen molar-refractivity contribution >= 4 is 15.9 Å². The molecule has 1 atom stereocenters. The van der Waals surface area contributed by atoms with Crippen LogP contribution >= 0.6 is 15.9 Å². The topological polar surface area (TPSA) is 18.5 Å². The van der Waals surface area contributed by atoms with Gasteiger partial charge in [0, 0.05) is 6.42 Å². The van der Waals surface area contributed by atoms with E-state index < -0.39 is 0 Å². The second-order valence-electron chi connectivity index (χ2n) is 4.62. The highest BCUT2D eigenvalue weighted by Gasteiger charge is 2.19. The molecule has 1 rings (SSSR count). The fraction of sp³-hybridized carbons (Fsp3) is 0.538. The lowest BCUT2D eigenvalue weighted by Gasteiger charge is -2.27. The van der Waals surface area contributed by atoms with E-state index in [0.29, 0.717) is 0 Å². The summed E-state index contributed by atoms with van der Waals surface area (Å²) in [5, 5.41) is 0. The van der Waals surface area contributed by atoms with Crippen molar-refractivity contribution in [2.45, 2.75) is 46.0 Å². The first-order valence-electron chi connectivity index (χ1n) is 5.51. The third-order valence-corrected chi connectivity index (χ3v) is 2.57. The van der Waals surface area contributed by atoms with Crippen molar-refractivity contribution in [1.29, 1.82) is 0 Å². The van der Waals surface area contributed by atoms with Gasteiger partial charge in [0.05, 0.1) is 10.1 Å². The molecular formula is C13H19BrO2. The Bertz CT molecular complexity index is 331. The standard InChI is InChI=1S/C13H19BrO2/c1-5-12(16-13(2,3)4)15-11-9-7-6-8-10(11)14/h6-9,12H,5H2,1-4H3. The molecule has 1 aromatic rings. The second-order valence-corrected chi connectivity index (χ2v) is 5.47. The van der Waals surface area contributed by atoms with Crippen LogP contribution in [0.2, 0.25) is 0 Å². The molecule has 0 aliphatic rings. The third kappa shape index (κ3) is 4.54. The summed E-state index contributed by atoms with van der Waals surface area (Å²) in [5.74, 6) is 0.818. The first kappa shape index (κ1) is 13.5. The van der Waals surface area contributed by atoms with Crippen LogP contribution in [0, 0.1) is 0 Å². The molecule has 2 nitrogen and oxygen atoms in total. The number of benzene rings is 1. The molecule has 0 radical (unpaired) electrons. The van der Waals surface area contributed by atoms with Crippen molar-refractivity contribution in [3.63, 3.8) is 0 Å². The van der Waals surface area contributed by atoms with Gasteiger partial charge in [-0.3, -0.25) is 0 Å². The minimum absolute atomic E-state index is 0.193. The molecular weight excluding hydrogens is 268 g/mol. The minimum atomic E-state index is -0.210. The highest BCUT2D eigenvalue weighted by atomic mass is 79.9. The molecule has 0 amide bonds. The van der Waals surface area contributed by atoms with Gasteiger partial charge in [-0.1, -0.05) is 19.1 Å². The van der Waals surface area contributed by atoms with E-state index in [4.69, 9.17) is 9.47 Å². The number of para-hydroxylation sites is 1. The highest BCUT2D eigenvalue weighted by molar-refractivity contribution is 9.10. The zero-order valence-electron chi connectivity index (χ0n) is 10.3. The Hall–Kier alpha value is -0.540. The van der Waals surface area contributed by atoms with E-state index in [2.05, 4.69) is 15.9 Å². The van der Waals surface area contributed by atoms with Gasteiger partial charge >= 0.3 is 0 Å². The summed E-state index contributed by atoms with van der Waals surface area (Å²) in [6.07, 6.45) is 0.609. The molecule has 0 saturated heterocycles. The highest BCUT2D eigenvalue weighted by Crippen LogP contribution is 2.26. The van der Waals surface area contributed by atoms with Crippen LogP contribution in [-0.2, 0) is 4.74 Å². The molecule has 3 heteroatoms. The Kier molecular flexibility index (Phi) is 4.81. The van der Waals surface area contributed by atoms with Crippen molar-refractivity contribution in [3.05, 3.63) is 28.7 Å². The Balaban J connectivity index is 2.67. The van der Waals surface area contributed by atoms with E-state index in [1.54, 1.807) is 0 Å². The summed E-state index contributed by atoms with van der Waals surface area (Å²) in [6, 6.07) is 7.80. The average molecular weight is 287 g/mol. The van der Waals surface area contributed by atoms with Gasteiger partial charge in [-0.05, 0) is 48.8 Å². The molecule has 0 N–H and O–H groups in total. The van der Waals surface area contributed by atoms with Gasteiger partial charge in [-0.25, -0.2) is 0 Å². The molecule has 0 aromatic heterocycles. The monoisotopic (exact) mass is 286 g/mol. The maximum absolute atomic E-state index is 5.80. The first-order chi connectivity index (χ1) is 7.42. The fourth-order valence-corrected chi connectivity index (χ4v) is 1.65. The number of rotatable bonds is 4. The number of ether oxygens (including phenoxy) is 2. The summed E-state index contributed by atoms with van der Waals surface area (Å²) >= 11 is 3.45. The van der Waals surface area contributed by atoms with Crippen molar-refractivity contribution in [3.8, 4) is 5.75 Å². The fourth-order valence-electron chi connectivity index (χ4n) is 1.27. The molecule has 0 bridgehead atoms. The summed E-state index contributed by atoms with van der Waals surface area (Å²) < 4.78 is 12.6. The van der Waals surface area contributed by atoms with E-state index in [0.717, 1.165) is 16.6 Å². The van der Waals surface area contributed by atoms with Crippen LogP contribution in [0.25, 0.3) is 0 Å². The quantitative estimate of drug-likeness (QED) is 0.765. The number of halogens is 1. The van der Waals surface area contributed by atoms with Gasteiger partial charge in [0.1, 0.15) is 5.75 Å². The average Bonchev–Trinajstić information content (AvgIpc) is 2.18. The van der Waals surface area contributed by atoms with Gasteiger partial charge in [-0.15, -0.1) is 0 Å². The Morgan fingerprint density at radius 1 is 1.25 bits per heavy atom. The molecule has 0 saturated carbocycles. The van der Waals surface area contributed by atoms with Crippen molar-refractivity contribution in [2.24, 2.45) is 0 Å². The van der Waals surface area contributed by atoms with Crippen molar-refractivity contribution in [1.82, 2.24) is 0 Å². The number of hydrogen-bond donors (Lipinski definition) is 0. The molecule has 0 fully saturated rings. The first-order valence-corrected chi connectivity index (χ1v) is 6.30. The van der Waals surface area contributed by atoms with E-state index in [1.165, 1.54) is 0 Å².